The number of rotatable bonds is 2. The topological polar surface area (TPSA) is 40.9 Å². The molecule has 0 atom stereocenters. The molecule has 1 aromatic rings. The summed E-state index contributed by atoms with van der Waals surface area (Å²) >= 11 is 0. The van der Waals surface area contributed by atoms with Gasteiger partial charge in [-0.2, -0.15) is 5.26 Å². The van der Waals surface area contributed by atoms with Crippen LogP contribution < -0.4 is 0 Å². The van der Waals surface area contributed by atoms with E-state index in [0.717, 1.165) is 19.1 Å². The fourth-order valence-electron chi connectivity index (χ4n) is 1.16. The van der Waals surface area contributed by atoms with Gasteiger partial charge >= 0.3 is 0 Å². The number of nitriles is 1. The first kappa shape index (κ1) is 11.2. The fourth-order valence-corrected chi connectivity index (χ4v) is 1.16. The number of nitrogens with zero attached hydrogens (tertiary/aromatic N) is 1. The standard InChI is InChI=1S/C10H6F3NO/c1-5(15)6-2-3-7(10(12)13)9(11)8(6)4-14/h2-3,10H,1H3. The fraction of sp³-hybridized carbons (Fsp3) is 0.200. The molecule has 0 bridgehead atoms. The summed E-state index contributed by atoms with van der Waals surface area (Å²) in [6, 6.07) is 3.26. The van der Waals surface area contributed by atoms with E-state index in [0.29, 0.717) is 0 Å². The van der Waals surface area contributed by atoms with Gasteiger partial charge in [-0.3, -0.25) is 4.79 Å². The highest BCUT2D eigenvalue weighted by molar-refractivity contribution is 5.96. The first-order valence-electron chi connectivity index (χ1n) is 4.00. The minimum absolute atomic E-state index is 0.181. The zero-order valence-electron chi connectivity index (χ0n) is 7.72. The van der Waals surface area contributed by atoms with Crippen molar-refractivity contribution in [2.24, 2.45) is 0 Å². The van der Waals surface area contributed by atoms with E-state index in [1.54, 1.807) is 0 Å². The lowest BCUT2D eigenvalue weighted by Gasteiger charge is -2.05. The van der Waals surface area contributed by atoms with E-state index in [2.05, 4.69) is 0 Å². The molecule has 0 saturated carbocycles. The van der Waals surface area contributed by atoms with Crippen LogP contribution in [0, 0.1) is 17.1 Å². The molecule has 0 heterocycles. The van der Waals surface area contributed by atoms with Crippen LogP contribution in [0.4, 0.5) is 13.2 Å². The summed E-state index contributed by atoms with van der Waals surface area (Å²) in [6.45, 7) is 1.14. The number of hydrogen-bond donors (Lipinski definition) is 0. The second-order valence-electron chi connectivity index (χ2n) is 2.86. The van der Waals surface area contributed by atoms with Gasteiger partial charge in [0.15, 0.2) is 11.6 Å². The van der Waals surface area contributed by atoms with Crippen molar-refractivity contribution in [2.45, 2.75) is 13.3 Å². The molecule has 0 aromatic heterocycles. The summed E-state index contributed by atoms with van der Waals surface area (Å²) in [6.07, 6.45) is -3.00. The summed E-state index contributed by atoms with van der Waals surface area (Å²) < 4.78 is 37.8. The number of carbonyl (C=O) groups excluding carboxylic acids is 1. The molecule has 0 saturated heterocycles. The lowest BCUT2D eigenvalue weighted by atomic mass is 10.0. The van der Waals surface area contributed by atoms with Crippen LogP contribution in [-0.2, 0) is 0 Å². The van der Waals surface area contributed by atoms with Gasteiger partial charge in [0.05, 0.1) is 11.1 Å². The van der Waals surface area contributed by atoms with Crippen LogP contribution in [0.1, 0.15) is 34.8 Å². The highest BCUT2D eigenvalue weighted by Crippen LogP contribution is 2.26. The van der Waals surface area contributed by atoms with Crippen molar-refractivity contribution in [3.8, 4) is 6.07 Å². The predicted molar refractivity (Wildman–Crippen MR) is 46.1 cm³/mol. The Morgan fingerprint density at radius 2 is 2.07 bits per heavy atom. The Morgan fingerprint density at radius 3 is 2.47 bits per heavy atom. The molecule has 0 aliphatic rings. The molecular formula is C10H6F3NO. The smallest absolute Gasteiger partial charge is 0.266 e. The van der Waals surface area contributed by atoms with E-state index in [-0.39, 0.29) is 5.56 Å². The summed E-state index contributed by atoms with van der Waals surface area (Å²) in [5.74, 6) is -1.86. The van der Waals surface area contributed by atoms with E-state index < -0.39 is 29.2 Å². The zero-order chi connectivity index (χ0) is 11.6. The molecule has 5 heteroatoms. The van der Waals surface area contributed by atoms with Crippen LogP contribution in [0.2, 0.25) is 0 Å². The number of hydrogen-bond acceptors (Lipinski definition) is 2. The minimum Gasteiger partial charge on any atom is -0.294 e. The highest BCUT2D eigenvalue weighted by Gasteiger charge is 2.20. The van der Waals surface area contributed by atoms with Crippen molar-refractivity contribution in [1.29, 1.82) is 5.26 Å². The maximum atomic E-state index is 13.3. The summed E-state index contributed by atoms with van der Waals surface area (Å²) in [5.41, 5.74) is -1.67. The first-order chi connectivity index (χ1) is 6.99. The summed E-state index contributed by atoms with van der Waals surface area (Å²) in [5, 5.41) is 8.57. The first-order valence-corrected chi connectivity index (χ1v) is 4.00. The van der Waals surface area contributed by atoms with Gasteiger partial charge in [0.2, 0.25) is 0 Å². The normalized spacial score (nSPS) is 10.1. The molecule has 0 spiro atoms. The van der Waals surface area contributed by atoms with Crippen molar-refractivity contribution < 1.29 is 18.0 Å². The van der Waals surface area contributed by atoms with E-state index in [1.165, 1.54) is 6.07 Å². The molecule has 0 aliphatic carbocycles. The number of Topliss-reactive ketones (excluding diaryl/α,β-unsaturated/α-hetero) is 1. The van der Waals surface area contributed by atoms with E-state index in [4.69, 9.17) is 5.26 Å². The third kappa shape index (κ3) is 1.99. The van der Waals surface area contributed by atoms with Crippen LogP contribution in [0.3, 0.4) is 0 Å². The average molecular weight is 213 g/mol. The predicted octanol–water partition coefficient (Wildman–Crippen LogP) is 2.84. The molecule has 0 amide bonds. The Bertz CT molecular complexity index is 449. The number of carbonyl (C=O) groups is 1. The van der Waals surface area contributed by atoms with E-state index >= 15 is 0 Å². The van der Waals surface area contributed by atoms with Crippen molar-refractivity contribution >= 4 is 5.78 Å². The molecule has 0 N–H and O–H groups in total. The average Bonchev–Trinajstić information content (AvgIpc) is 2.16. The van der Waals surface area contributed by atoms with Gasteiger partial charge in [0.25, 0.3) is 6.43 Å². The van der Waals surface area contributed by atoms with Gasteiger partial charge in [-0.05, 0) is 19.1 Å². The molecule has 1 aromatic carbocycles. The van der Waals surface area contributed by atoms with Crippen molar-refractivity contribution in [1.82, 2.24) is 0 Å². The van der Waals surface area contributed by atoms with Crippen LogP contribution in [0.5, 0.6) is 0 Å². The molecule has 0 unspecified atom stereocenters. The Morgan fingerprint density at radius 1 is 1.47 bits per heavy atom. The molecule has 1 rings (SSSR count). The zero-order valence-corrected chi connectivity index (χ0v) is 7.72. The molecule has 0 aliphatic heterocycles. The molecule has 15 heavy (non-hydrogen) atoms. The number of alkyl halides is 2. The lowest BCUT2D eigenvalue weighted by Crippen LogP contribution is -2.03. The molecular weight excluding hydrogens is 207 g/mol. The van der Waals surface area contributed by atoms with Gasteiger partial charge in [-0.25, -0.2) is 13.2 Å². The van der Waals surface area contributed by atoms with Crippen molar-refractivity contribution in [2.75, 3.05) is 0 Å². The third-order valence-electron chi connectivity index (χ3n) is 1.90. The summed E-state index contributed by atoms with van der Waals surface area (Å²) in [4.78, 5) is 11.0. The Balaban J connectivity index is 3.48. The monoisotopic (exact) mass is 213 g/mol. The Hall–Kier alpha value is -1.83. The molecule has 78 valence electrons. The maximum Gasteiger partial charge on any atom is 0.266 e. The highest BCUT2D eigenvalue weighted by atomic mass is 19.3. The van der Waals surface area contributed by atoms with Gasteiger partial charge in [-0.1, -0.05) is 0 Å². The van der Waals surface area contributed by atoms with Gasteiger partial charge < -0.3 is 0 Å². The SMILES string of the molecule is CC(=O)c1ccc(C(F)F)c(F)c1C#N. The molecule has 2 nitrogen and oxygen atoms in total. The molecule has 0 fully saturated rings. The summed E-state index contributed by atoms with van der Waals surface area (Å²) in [7, 11) is 0. The lowest BCUT2D eigenvalue weighted by molar-refractivity contribution is 0.101. The van der Waals surface area contributed by atoms with Gasteiger partial charge in [0, 0.05) is 5.56 Å². The largest absolute Gasteiger partial charge is 0.294 e. The second kappa shape index (κ2) is 4.13. The van der Waals surface area contributed by atoms with Crippen molar-refractivity contribution in [3.63, 3.8) is 0 Å². The number of benzene rings is 1. The third-order valence-corrected chi connectivity index (χ3v) is 1.90. The molecule has 0 radical (unpaired) electrons. The van der Waals surface area contributed by atoms with Gasteiger partial charge in [-0.15, -0.1) is 0 Å². The van der Waals surface area contributed by atoms with Crippen LogP contribution >= 0.6 is 0 Å². The Labute approximate surface area is 83.9 Å². The minimum atomic E-state index is -3.00. The number of ketones is 1. The van der Waals surface area contributed by atoms with Crippen LogP contribution in [-0.4, -0.2) is 5.78 Å². The van der Waals surface area contributed by atoms with Crippen LogP contribution in [0.15, 0.2) is 12.1 Å². The Kier molecular flexibility index (Phi) is 3.10. The maximum absolute atomic E-state index is 13.3. The van der Waals surface area contributed by atoms with E-state index in [1.807, 2.05) is 0 Å². The van der Waals surface area contributed by atoms with Crippen molar-refractivity contribution in [3.05, 3.63) is 34.6 Å². The second-order valence-corrected chi connectivity index (χ2v) is 2.86. The van der Waals surface area contributed by atoms with Gasteiger partial charge in [0.1, 0.15) is 6.07 Å². The van der Waals surface area contributed by atoms with Crippen LogP contribution in [0.25, 0.3) is 0 Å². The quantitative estimate of drug-likeness (QED) is 0.708. The van der Waals surface area contributed by atoms with E-state index in [9.17, 15) is 18.0 Å². The number of halogens is 3.